The van der Waals surface area contributed by atoms with E-state index >= 15 is 0 Å². The van der Waals surface area contributed by atoms with Crippen LogP contribution in [0, 0.1) is 12.7 Å². The third-order valence-corrected chi connectivity index (χ3v) is 3.82. The van der Waals surface area contributed by atoms with Gasteiger partial charge < -0.3 is 0 Å². The molecule has 0 aliphatic rings. The Balaban J connectivity index is 2.41. The number of hydrogen-bond acceptors (Lipinski definition) is 1. The highest BCUT2D eigenvalue weighted by Crippen LogP contribution is 2.34. The lowest BCUT2D eigenvalue weighted by molar-refractivity contribution is 0.628. The number of halogens is 1. The molecule has 0 aliphatic heterocycles. The maximum atomic E-state index is 12.8. The molecule has 0 saturated heterocycles. The van der Waals surface area contributed by atoms with Crippen molar-refractivity contribution in [1.29, 1.82) is 0 Å². The molecule has 0 radical (unpaired) electrons. The van der Waals surface area contributed by atoms with Crippen LogP contribution in [0.1, 0.15) is 30.2 Å². The van der Waals surface area contributed by atoms with Crippen LogP contribution in [0.4, 0.5) is 4.39 Å². The molecular weight excluding hydrogens is 219 g/mol. The van der Waals surface area contributed by atoms with Crippen molar-refractivity contribution in [1.82, 2.24) is 0 Å². The second-order valence-corrected chi connectivity index (χ2v) is 5.54. The summed E-state index contributed by atoms with van der Waals surface area (Å²) in [7, 11) is 0. The summed E-state index contributed by atoms with van der Waals surface area (Å²) >= 11 is 1.78. The molecule has 0 unspecified atom stereocenters. The van der Waals surface area contributed by atoms with Crippen molar-refractivity contribution >= 4 is 11.3 Å². The number of hydrogen-bond donors (Lipinski definition) is 0. The number of benzene rings is 1. The quantitative estimate of drug-likeness (QED) is 0.687. The fraction of sp³-hybridized carbons (Fsp3) is 0.286. The van der Waals surface area contributed by atoms with Crippen LogP contribution in [0.2, 0.25) is 0 Å². The van der Waals surface area contributed by atoms with Crippen LogP contribution in [-0.2, 0) is 0 Å². The summed E-state index contributed by atoms with van der Waals surface area (Å²) < 4.78 is 12.8. The van der Waals surface area contributed by atoms with E-state index in [1.54, 1.807) is 11.3 Å². The van der Waals surface area contributed by atoms with Gasteiger partial charge in [-0.05, 0) is 42.2 Å². The molecule has 2 aromatic rings. The van der Waals surface area contributed by atoms with Crippen molar-refractivity contribution in [2.75, 3.05) is 0 Å². The van der Waals surface area contributed by atoms with Gasteiger partial charge in [0, 0.05) is 9.75 Å². The molecule has 0 amide bonds. The van der Waals surface area contributed by atoms with Crippen LogP contribution >= 0.6 is 11.3 Å². The second kappa shape index (κ2) is 4.38. The zero-order chi connectivity index (χ0) is 11.7. The van der Waals surface area contributed by atoms with Crippen LogP contribution in [-0.4, -0.2) is 0 Å². The van der Waals surface area contributed by atoms with Crippen LogP contribution < -0.4 is 0 Å². The SMILES string of the molecule is Cc1sc(-c2ccc(F)cc2)cc1C(C)C. The Bertz CT molecular complexity index is 480. The van der Waals surface area contributed by atoms with Gasteiger partial charge in [0.05, 0.1) is 0 Å². The predicted octanol–water partition coefficient (Wildman–Crippen LogP) is 4.99. The molecule has 0 fully saturated rings. The van der Waals surface area contributed by atoms with Gasteiger partial charge in [-0.2, -0.15) is 0 Å². The lowest BCUT2D eigenvalue weighted by Crippen LogP contribution is -1.84. The van der Waals surface area contributed by atoms with E-state index in [0.717, 1.165) is 5.56 Å². The molecule has 1 heterocycles. The maximum Gasteiger partial charge on any atom is 0.123 e. The summed E-state index contributed by atoms with van der Waals surface area (Å²) in [4.78, 5) is 2.58. The van der Waals surface area contributed by atoms with Crippen LogP contribution in [0.5, 0.6) is 0 Å². The smallest absolute Gasteiger partial charge is 0.123 e. The van der Waals surface area contributed by atoms with Crippen LogP contribution in [0.25, 0.3) is 10.4 Å². The van der Waals surface area contributed by atoms with Crippen molar-refractivity contribution in [3.63, 3.8) is 0 Å². The van der Waals surface area contributed by atoms with E-state index in [9.17, 15) is 4.39 Å². The molecule has 0 aliphatic carbocycles. The van der Waals surface area contributed by atoms with Crippen molar-refractivity contribution in [2.24, 2.45) is 0 Å². The standard InChI is InChI=1S/C14H15FS/c1-9(2)13-8-14(16-10(13)3)11-4-6-12(15)7-5-11/h4-9H,1-3H3. The van der Waals surface area contributed by atoms with Crippen molar-refractivity contribution in [3.05, 3.63) is 46.6 Å². The van der Waals surface area contributed by atoms with Gasteiger partial charge in [0.15, 0.2) is 0 Å². The maximum absolute atomic E-state index is 12.8. The van der Waals surface area contributed by atoms with E-state index in [4.69, 9.17) is 0 Å². The first-order valence-corrected chi connectivity index (χ1v) is 6.26. The van der Waals surface area contributed by atoms with Gasteiger partial charge in [-0.15, -0.1) is 11.3 Å². The summed E-state index contributed by atoms with van der Waals surface area (Å²) in [5, 5.41) is 0. The average molecular weight is 234 g/mol. The molecule has 0 spiro atoms. The zero-order valence-electron chi connectivity index (χ0n) is 9.75. The minimum absolute atomic E-state index is 0.180. The van der Waals surface area contributed by atoms with E-state index in [1.165, 1.54) is 27.5 Å². The Labute approximate surface area is 99.8 Å². The van der Waals surface area contributed by atoms with Gasteiger partial charge in [0.2, 0.25) is 0 Å². The molecular formula is C14H15FS. The Morgan fingerprint density at radius 2 is 1.75 bits per heavy atom. The second-order valence-electron chi connectivity index (χ2n) is 4.28. The fourth-order valence-electron chi connectivity index (χ4n) is 1.83. The van der Waals surface area contributed by atoms with E-state index in [1.807, 2.05) is 12.1 Å². The molecule has 1 aromatic heterocycles. The Hall–Kier alpha value is -1.15. The van der Waals surface area contributed by atoms with Crippen molar-refractivity contribution in [2.45, 2.75) is 26.7 Å². The fourth-order valence-corrected chi connectivity index (χ4v) is 3.01. The van der Waals surface area contributed by atoms with Gasteiger partial charge in [-0.1, -0.05) is 26.0 Å². The third kappa shape index (κ3) is 2.17. The summed E-state index contributed by atoms with van der Waals surface area (Å²) in [6.07, 6.45) is 0. The third-order valence-electron chi connectivity index (χ3n) is 2.71. The monoisotopic (exact) mass is 234 g/mol. The van der Waals surface area contributed by atoms with Gasteiger partial charge >= 0.3 is 0 Å². The van der Waals surface area contributed by atoms with Crippen molar-refractivity contribution < 1.29 is 4.39 Å². The van der Waals surface area contributed by atoms with Crippen LogP contribution in [0.3, 0.4) is 0 Å². The lowest BCUT2D eigenvalue weighted by Gasteiger charge is -2.01. The zero-order valence-corrected chi connectivity index (χ0v) is 10.6. The normalized spacial score (nSPS) is 11.1. The van der Waals surface area contributed by atoms with E-state index in [-0.39, 0.29) is 5.82 Å². The predicted molar refractivity (Wildman–Crippen MR) is 68.5 cm³/mol. The number of thiophene rings is 1. The Morgan fingerprint density at radius 1 is 1.12 bits per heavy atom. The molecule has 0 N–H and O–H groups in total. The van der Waals surface area contributed by atoms with Gasteiger partial charge in [0.1, 0.15) is 5.82 Å². The molecule has 2 heteroatoms. The summed E-state index contributed by atoms with van der Waals surface area (Å²) in [5.74, 6) is 0.367. The molecule has 2 rings (SSSR count). The highest BCUT2D eigenvalue weighted by molar-refractivity contribution is 7.15. The largest absolute Gasteiger partial charge is 0.207 e. The first-order chi connectivity index (χ1) is 7.58. The Kier molecular flexibility index (Phi) is 3.10. The number of aryl methyl sites for hydroxylation is 1. The van der Waals surface area contributed by atoms with E-state index in [0.29, 0.717) is 5.92 Å². The van der Waals surface area contributed by atoms with Gasteiger partial charge in [0.25, 0.3) is 0 Å². The summed E-state index contributed by atoms with van der Waals surface area (Å²) in [6.45, 7) is 6.54. The highest BCUT2D eigenvalue weighted by Gasteiger charge is 2.09. The number of rotatable bonds is 2. The molecule has 1 aromatic carbocycles. The van der Waals surface area contributed by atoms with E-state index < -0.39 is 0 Å². The topological polar surface area (TPSA) is 0 Å². The van der Waals surface area contributed by atoms with E-state index in [2.05, 4.69) is 26.8 Å². The lowest BCUT2D eigenvalue weighted by atomic mass is 10.0. The summed E-state index contributed by atoms with van der Waals surface area (Å²) in [5.41, 5.74) is 2.49. The highest BCUT2D eigenvalue weighted by atomic mass is 32.1. The molecule has 84 valence electrons. The molecule has 0 saturated carbocycles. The average Bonchev–Trinajstić information content (AvgIpc) is 2.61. The molecule has 0 atom stereocenters. The summed E-state index contributed by atoms with van der Waals surface area (Å²) in [6, 6.07) is 8.92. The first kappa shape index (κ1) is 11.3. The van der Waals surface area contributed by atoms with Gasteiger partial charge in [-0.25, -0.2) is 4.39 Å². The molecule has 0 nitrogen and oxygen atoms in total. The minimum Gasteiger partial charge on any atom is -0.207 e. The Morgan fingerprint density at radius 3 is 2.25 bits per heavy atom. The minimum atomic E-state index is -0.180. The molecule has 16 heavy (non-hydrogen) atoms. The van der Waals surface area contributed by atoms with Gasteiger partial charge in [-0.3, -0.25) is 0 Å². The van der Waals surface area contributed by atoms with Crippen molar-refractivity contribution in [3.8, 4) is 10.4 Å². The first-order valence-electron chi connectivity index (χ1n) is 5.44. The van der Waals surface area contributed by atoms with Crippen LogP contribution in [0.15, 0.2) is 30.3 Å². The molecule has 0 bridgehead atoms.